The summed E-state index contributed by atoms with van der Waals surface area (Å²) in [6.45, 7) is 3.54. The third-order valence-corrected chi connectivity index (χ3v) is 1.41. The van der Waals surface area contributed by atoms with Crippen molar-refractivity contribution in [2.75, 3.05) is 14.1 Å². The monoisotopic (exact) mass is 119 g/mol. The molecular formula is C5H15N2O+. The van der Waals surface area contributed by atoms with Gasteiger partial charge in [-0.2, -0.15) is 4.65 Å². The Morgan fingerprint density at radius 2 is 1.50 bits per heavy atom. The normalized spacial score (nSPS) is 14.2. The summed E-state index contributed by atoms with van der Waals surface area (Å²) in [5, 5.41) is 9.17. The van der Waals surface area contributed by atoms with Gasteiger partial charge in [-0.3, -0.25) is 5.73 Å². The molecular weight excluding hydrogens is 104 g/mol. The molecule has 3 nitrogen and oxygen atoms in total. The molecule has 0 saturated heterocycles. The van der Waals surface area contributed by atoms with Gasteiger partial charge in [-0.1, -0.05) is 0 Å². The van der Waals surface area contributed by atoms with E-state index in [2.05, 4.69) is 0 Å². The first-order valence-corrected chi connectivity index (χ1v) is 2.61. The van der Waals surface area contributed by atoms with Crippen molar-refractivity contribution in [3.05, 3.63) is 0 Å². The Hall–Kier alpha value is -0.120. The maximum atomic E-state index is 9.17. The fourth-order valence-corrected chi connectivity index (χ4v) is 0. The quantitative estimate of drug-likeness (QED) is 0.293. The van der Waals surface area contributed by atoms with Gasteiger partial charge in [0.1, 0.15) is 0 Å². The Morgan fingerprint density at radius 1 is 1.38 bits per heavy atom. The van der Waals surface area contributed by atoms with Crippen LogP contribution < -0.4 is 5.73 Å². The first-order chi connectivity index (χ1) is 3.25. The molecule has 3 heteroatoms. The van der Waals surface area contributed by atoms with Crippen LogP contribution in [0.3, 0.4) is 0 Å². The molecule has 0 amide bonds. The summed E-state index contributed by atoms with van der Waals surface area (Å²) in [5.74, 6) is 0. The Morgan fingerprint density at radius 3 is 1.50 bits per heavy atom. The van der Waals surface area contributed by atoms with Crippen LogP contribution in [-0.2, 0) is 0 Å². The minimum absolute atomic E-state index is 0.201. The lowest BCUT2D eigenvalue weighted by atomic mass is 10.2. The molecule has 0 heterocycles. The highest BCUT2D eigenvalue weighted by Crippen LogP contribution is 2.07. The molecule has 0 aliphatic carbocycles. The summed E-state index contributed by atoms with van der Waals surface area (Å²) < 4.78 is -0.201. The van der Waals surface area contributed by atoms with Gasteiger partial charge in [-0.15, -0.1) is 0 Å². The predicted octanol–water partition coefficient (Wildman–Crippen LogP) is 0.147. The van der Waals surface area contributed by atoms with E-state index in [4.69, 9.17) is 10.9 Å². The number of quaternary nitrogens is 1. The van der Waals surface area contributed by atoms with E-state index in [1.807, 2.05) is 0 Å². The summed E-state index contributed by atoms with van der Waals surface area (Å²) in [4.78, 5) is 0. The molecule has 0 aliphatic rings. The van der Waals surface area contributed by atoms with Gasteiger partial charge >= 0.3 is 0 Å². The zero-order valence-electron chi connectivity index (χ0n) is 5.97. The Labute approximate surface area is 50.3 Å². The zero-order chi connectivity index (χ0) is 7.00. The average Bonchev–Trinajstić information content (AvgIpc) is 1.25. The molecule has 0 radical (unpaired) electrons. The highest BCUT2D eigenvalue weighted by Gasteiger charge is 2.30. The van der Waals surface area contributed by atoms with Crippen molar-refractivity contribution < 1.29 is 9.85 Å². The SMILES string of the molecule is CC(C)(N)[N+](C)(C)O. The maximum Gasteiger partial charge on any atom is 0.173 e. The highest BCUT2D eigenvalue weighted by molar-refractivity contribution is 4.52. The van der Waals surface area contributed by atoms with E-state index in [9.17, 15) is 0 Å². The standard InChI is InChI=1S/C5H15N2O/c1-5(2,6)7(3,4)8/h8H,6H2,1-4H3/q+1. The van der Waals surface area contributed by atoms with Gasteiger partial charge in [0, 0.05) is 13.8 Å². The Bertz CT molecular complexity index is 65.4. The summed E-state index contributed by atoms with van der Waals surface area (Å²) in [6.07, 6.45) is 0. The van der Waals surface area contributed by atoms with Crippen LogP contribution in [0.1, 0.15) is 13.8 Å². The van der Waals surface area contributed by atoms with Crippen LogP contribution in [0.5, 0.6) is 0 Å². The molecule has 0 aliphatic heterocycles. The Kier molecular flexibility index (Phi) is 1.66. The largest absolute Gasteiger partial charge is 0.277 e. The Balaban J connectivity index is 4.02. The minimum Gasteiger partial charge on any atom is -0.277 e. The first kappa shape index (κ1) is 7.88. The number of nitrogens with zero attached hydrogens (tertiary/aromatic N) is 1. The van der Waals surface area contributed by atoms with Crippen LogP contribution in [0.25, 0.3) is 0 Å². The van der Waals surface area contributed by atoms with E-state index < -0.39 is 5.66 Å². The van der Waals surface area contributed by atoms with Crippen molar-refractivity contribution >= 4 is 0 Å². The molecule has 0 saturated carbocycles. The molecule has 0 fully saturated rings. The summed E-state index contributed by atoms with van der Waals surface area (Å²) in [5.41, 5.74) is 4.97. The molecule has 0 rings (SSSR count). The van der Waals surface area contributed by atoms with E-state index >= 15 is 0 Å². The van der Waals surface area contributed by atoms with Crippen molar-refractivity contribution in [2.24, 2.45) is 5.73 Å². The molecule has 0 aromatic heterocycles. The van der Waals surface area contributed by atoms with Crippen molar-refractivity contribution in [1.82, 2.24) is 0 Å². The van der Waals surface area contributed by atoms with Crippen LogP contribution in [0.2, 0.25) is 0 Å². The number of hydrogen-bond acceptors (Lipinski definition) is 2. The second-order valence-electron chi connectivity index (χ2n) is 3.05. The van der Waals surface area contributed by atoms with Crippen LogP contribution in [-0.4, -0.2) is 29.6 Å². The third kappa shape index (κ3) is 1.78. The first-order valence-electron chi connectivity index (χ1n) is 2.61. The summed E-state index contributed by atoms with van der Waals surface area (Å²) in [7, 11) is 3.28. The molecule has 0 spiro atoms. The van der Waals surface area contributed by atoms with Gasteiger partial charge in [-0.25, -0.2) is 5.21 Å². The van der Waals surface area contributed by atoms with Crippen molar-refractivity contribution in [2.45, 2.75) is 19.5 Å². The highest BCUT2D eigenvalue weighted by atomic mass is 16.5. The lowest BCUT2D eigenvalue weighted by Crippen LogP contribution is -2.59. The molecule has 3 N–H and O–H groups in total. The van der Waals surface area contributed by atoms with Gasteiger partial charge in [0.05, 0.1) is 14.1 Å². The predicted molar refractivity (Wildman–Crippen MR) is 32.2 cm³/mol. The van der Waals surface area contributed by atoms with Gasteiger partial charge in [-0.05, 0) is 0 Å². The maximum absolute atomic E-state index is 9.17. The lowest BCUT2D eigenvalue weighted by Gasteiger charge is -2.33. The van der Waals surface area contributed by atoms with Gasteiger partial charge in [0.25, 0.3) is 0 Å². The van der Waals surface area contributed by atoms with Gasteiger partial charge < -0.3 is 0 Å². The second-order valence-corrected chi connectivity index (χ2v) is 3.05. The van der Waals surface area contributed by atoms with E-state index in [1.54, 1.807) is 27.9 Å². The molecule has 0 atom stereocenters. The van der Waals surface area contributed by atoms with E-state index in [-0.39, 0.29) is 4.65 Å². The number of hydroxylamine groups is 3. The van der Waals surface area contributed by atoms with E-state index in [0.717, 1.165) is 0 Å². The smallest absolute Gasteiger partial charge is 0.173 e. The summed E-state index contributed by atoms with van der Waals surface area (Å²) in [6, 6.07) is 0. The third-order valence-electron chi connectivity index (χ3n) is 1.41. The van der Waals surface area contributed by atoms with Gasteiger partial charge in [0.2, 0.25) is 0 Å². The number of hydrogen-bond donors (Lipinski definition) is 2. The van der Waals surface area contributed by atoms with Crippen LogP contribution in [0.15, 0.2) is 0 Å². The van der Waals surface area contributed by atoms with Crippen molar-refractivity contribution in [1.29, 1.82) is 0 Å². The fourth-order valence-electron chi connectivity index (χ4n) is 0. The molecule has 0 aromatic rings. The van der Waals surface area contributed by atoms with Crippen molar-refractivity contribution in [3.8, 4) is 0 Å². The fraction of sp³-hybridized carbons (Fsp3) is 1.00. The lowest BCUT2D eigenvalue weighted by molar-refractivity contribution is -1.11. The van der Waals surface area contributed by atoms with Crippen LogP contribution in [0, 0.1) is 0 Å². The average molecular weight is 119 g/mol. The minimum atomic E-state index is -0.569. The molecule has 0 unspecified atom stereocenters. The molecule has 50 valence electrons. The topological polar surface area (TPSA) is 46.2 Å². The number of nitrogens with two attached hydrogens (primary N) is 1. The molecule has 8 heavy (non-hydrogen) atoms. The van der Waals surface area contributed by atoms with Crippen molar-refractivity contribution in [3.63, 3.8) is 0 Å². The zero-order valence-corrected chi connectivity index (χ0v) is 5.97. The van der Waals surface area contributed by atoms with Crippen LogP contribution in [0.4, 0.5) is 0 Å². The summed E-state index contributed by atoms with van der Waals surface area (Å²) >= 11 is 0. The van der Waals surface area contributed by atoms with E-state index in [0.29, 0.717) is 0 Å². The molecule has 0 bridgehead atoms. The van der Waals surface area contributed by atoms with Crippen LogP contribution >= 0.6 is 0 Å². The molecule has 0 aromatic carbocycles. The second kappa shape index (κ2) is 1.69. The number of rotatable bonds is 1. The van der Waals surface area contributed by atoms with Gasteiger partial charge in [0.15, 0.2) is 5.66 Å². The van der Waals surface area contributed by atoms with E-state index in [1.165, 1.54) is 0 Å².